The molecule has 1 aliphatic rings. The van der Waals surface area contributed by atoms with E-state index in [-0.39, 0.29) is 18.5 Å². The number of ether oxygens (including phenoxy) is 1. The van der Waals surface area contributed by atoms with E-state index in [0.29, 0.717) is 12.3 Å². The van der Waals surface area contributed by atoms with Crippen molar-refractivity contribution >= 4 is 12.4 Å². The first-order valence-corrected chi connectivity index (χ1v) is 5.74. The molecule has 1 aromatic rings. The van der Waals surface area contributed by atoms with Crippen molar-refractivity contribution in [3.8, 4) is 11.5 Å². The largest absolute Gasteiger partial charge is 0.507 e. The molecule has 0 aromatic heterocycles. The van der Waals surface area contributed by atoms with Crippen molar-refractivity contribution in [2.75, 3.05) is 6.54 Å². The average Bonchev–Trinajstić information content (AvgIpc) is 2.68. The molecule has 4 heteroatoms. The topological polar surface area (TPSA) is 55.5 Å². The van der Waals surface area contributed by atoms with Gasteiger partial charge in [-0.2, -0.15) is 0 Å². The van der Waals surface area contributed by atoms with E-state index in [1.165, 1.54) is 0 Å². The van der Waals surface area contributed by atoms with Gasteiger partial charge < -0.3 is 15.6 Å². The molecule has 1 atom stereocenters. The van der Waals surface area contributed by atoms with Crippen LogP contribution in [0.2, 0.25) is 0 Å². The lowest BCUT2D eigenvalue weighted by Gasteiger charge is -2.13. The Labute approximate surface area is 108 Å². The van der Waals surface area contributed by atoms with Crippen LogP contribution in [0.25, 0.3) is 0 Å². The molecular weight excluding hydrogens is 238 g/mol. The van der Waals surface area contributed by atoms with Gasteiger partial charge >= 0.3 is 0 Å². The van der Waals surface area contributed by atoms with E-state index < -0.39 is 0 Å². The van der Waals surface area contributed by atoms with E-state index in [9.17, 15) is 5.11 Å². The number of nitrogens with two attached hydrogens (primary N) is 1. The number of rotatable bonds is 2. The third-order valence-electron chi connectivity index (χ3n) is 3.55. The molecule has 0 aliphatic carbocycles. The van der Waals surface area contributed by atoms with Gasteiger partial charge in [0.05, 0.1) is 0 Å². The van der Waals surface area contributed by atoms with Gasteiger partial charge in [0, 0.05) is 12.0 Å². The van der Waals surface area contributed by atoms with Crippen molar-refractivity contribution in [3.05, 3.63) is 22.3 Å². The first-order valence-electron chi connectivity index (χ1n) is 5.74. The third-order valence-corrected chi connectivity index (χ3v) is 3.55. The number of benzene rings is 1. The summed E-state index contributed by atoms with van der Waals surface area (Å²) in [7, 11) is 0. The molecule has 1 aliphatic heterocycles. The SMILES string of the molecule is Cc1c(C)c2c(c(C)c1O)C[C@@H](CCN)O2.Cl. The lowest BCUT2D eigenvalue weighted by Crippen LogP contribution is -2.18. The van der Waals surface area contributed by atoms with Crippen LogP contribution in [0, 0.1) is 20.8 Å². The summed E-state index contributed by atoms with van der Waals surface area (Å²) >= 11 is 0. The minimum absolute atomic E-state index is 0. The third kappa shape index (κ3) is 2.22. The van der Waals surface area contributed by atoms with Crippen LogP contribution in [0.5, 0.6) is 11.5 Å². The molecule has 0 fully saturated rings. The molecule has 1 heterocycles. The summed E-state index contributed by atoms with van der Waals surface area (Å²) < 4.78 is 5.90. The molecule has 96 valence electrons. The molecule has 0 spiro atoms. The van der Waals surface area contributed by atoms with E-state index in [1.54, 1.807) is 0 Å². The average molecular weight is 258 g/mol. The molecule has 2 rings (SSSR count). The number of hydrogen-bond donors (Lipinski definition) is 2. The van der Waals surface area contributed by atoms with Gasteiger partial charge in [-0.15, -0.1) is 12.4 Å². The number of halogens is 1. The Morgan fingerprint density at radius 1 is 1.24 bits per heavy atom. The van der Waals surface area contributed by atoms with E-state index in [1.807, 2.05) is 20.8 Å². The van der Waals surface area contributed by atoms with Gasteiger partial charge in [0.15, 0.2) is 0 Å². The number of fused-ring (bicyclic) bond motifs is 1. The normalized spacial score (nSPS) is 17.3. The van der Waals surface area contributed by atoms with E-state index >= 15 is 0 Å². The molecule has 0 amide bonds. The van der Waals surface area contributed by atoms with Gasteiger partial charge in [-0.25, -0.2) is 0 Å². The minimum Gasteiger partial charge on any atom is -0.507 e. The van der Waals surface area contributed by atoms with Gasteiger partial charge in [0.2, 0.25) is 0 Å². The summed E-state index contributed by atoms with van der Waals surface area (Å²) in [6.45, 7) is 6.52. The number of aromatic hydroxyl groups is 1. The Kier molecular flexibility index (Phi) is 4.28. The van der Waals surface area contributed by atoms with Gasteiger partial charge in [-0.3, -0.25) is 0 Å². The van der Waals surface area contributed by atoms with Crippen LogP contribution >= 0.6 is 12.4 Å². The Hall–Kier alpha value is -0.930. The minimum atomic E-state index is 0. The van der Waals surface area contributed by atoms with Crippen molar-refractivity contribution < 1.29 is 9.84 Å². The molecule has 0 unspecified atom stereocenters. The Morgan fingerprint density at radius 3 is 2.47 bits per heavy atom. The monoisotopic (exact) mass is 257 g/mol. The summed E-state index contributed by atoms with van der Waals surface area (Å²) in [6.07, 6.45) is 1.92. The Morgan fingerprint density at radius 2 is 1.88 bits per heavy atom. The maximum atomic E-state index is 9.99. The lowest BCUT2D eigenvalue weighted by molar-refractivity contribution is 0.223. The smallest absolute Gasteiger partial charge is 0.126 e. The van der Waals surface area contributed by atoms with E-state index in [4.69, 9.17) is 10.5 Å². The van der Waals surface area contributed by atoms with Crippen molar-refractivity contribution in [1.29, 1.82) is 0 Å². The molecule has 3 nitrogen and oxygen atoms in total. The first-order chi connectivity index (χ1) is 7.56. The summed E-state index contributed by atoms with van der Waals surface area (Å²) in [4.78, 5) is 0. The molecule has 3 N–H and O–H groups in total. The highest BCUT2D eigenvalue weighted by atomic mass is 35.5. The number of phenols is 1. The maximum absolute atomic E-state index is 9.99. The van der Waals surface area contributed by atoms with Crippen LogP contribution in [0.1, 0.15) is 28.7 Å². The quantitative estimate of drug-likeness (QED) is 0.855. The summed E-state index contributed by atoms with van der Waals surface area (Å²) in [6, 6.07) is 0. The highest BCUT2D eigenvalue weighted by Gasteiger charge is 2.28. The van der Waals surface area contributed by atoms with Crippen LogP contribution < -0.4 is 10.5 Å². The predicted molar refractivity (Wildman–Crippen MR) is 71.4 cm³/mol. The molecule has 1 aromatic carbocycles. The van der Waals surface area contributed by atoms with Crippen LogP contribution in [-0.2, 0) is 6.42 Å². The van der Waals surface area contributed by atoms with Gasteiger partial charge in [-0.05, 0) is 50.4 Å². The second-order valence-electron chi connectivity index (χ2n) is 4.55. The van der Waals surface area contributed by atoms with Gasteiger partial charge in [0.25, 0.3) is 0 Å². The highest BCUT2D eigenvalue weighted by Crippen LogP contribution is 2.42. The molecule has 0 saturated carbocycles. The summed E-state index contributed by atoms with van der Waals surface area (Å²) in [5, 5.41) is 9.99. The van der Waals surface area contributed by atoms with Crippen molar-refractivity contribution in [2.24, 2.45) is 5.73 Å². The lowest BCUT2D eigenvalue weighted by atomic mass is 9.96. The fourth-order valence-electron chi connectivity index (χ4n) is 2.36. The van der Waals surface area contributed by atoms with Crippen LogP contribution in [-0.4, -0.2) is 17.8 Å². The van der Waals surface area contributed by atoms with E-state index in [0.717, 1.165) is 40.8 Å². The standard InChI is InChI=1S/C13H19NO2.ClH/c1-7-8(2)13-11(9(3)12(7)15)6-10(16-13)4-5-14;/h10,15H,4-6,14H2,1-3H3;1H/t10-;/m1./s1. The Balaban J connectivity index is 0.00000144. The van der Waals surface area contributed by atoms with Crippen LogP contribution in [0.15, 0.2) is 0 Å². The molecular formula is C13H20ClNO2. The first kappa shape index (κ1) is 14.1. The second-order valence-corrected chi connectivity index (χ2v) is 4.55. The molecule has 0 bridgehead atoms. The molecule has 0 saturated heterocycles. The van der Waals surface area contributed by atoms with Crippen LogP contribution in [0.4, 0.5) is 0 Å². The van der Waals surface area contributed by atoms with Crippen molar-refractivity contribution in [2.45, 2.75) is 39.7 Å². The predicted octanol–water partition coefficient (Wildman–Crippen LogP) is 2.39. The Bertz CT molecular complexity index is 395. The zero-order chi connectivity index (χ0) is 11.9. The fraction of sp³-hybridized carbons (Fsp3) is 0.538. The number of phenolic OH excluding ortho intramolecular Hbond substituents is 1. The van der Waals surface area contributed by atoms with Crippen LogP contribution in [0.3, 0.4) is 0 Å². The zero-order valence-electron chi connectivity index (χ0n) is 10.5. The highest BCUT2D eigenvalue weighted by molar-refractivity contribution is 5.85. The van der Waals surface area contributed by atoms with Gasteiger partial charge in [-0.1, -0.05) is 0 Å². The summed E-state index contributed by atoms with van der Waals surface area (Å²) in [5.74, 6) is 1.37. The van der Waals surface area contributed by atoms with Gasteiger partial charge in [0.1, 0.15) is 17.6 Å². The maximum Gasteiger partial charge on any atom is 0.126 e. The zero-order valence-corrected chi connectivity index (χ0v) is 11.4. The summed E-state index contributed by atoms with van der Waals surface area (Å²) in [5.41, 5.74) is 9.63. The fourth-order valence-corrected chi connectivity index (χ4v) is 2.36. The molecule has 0 radical (unpaired) electrons. The molecule has 17 heavy (non-hydrogen) atoms. The van der Waals surface area contributed by atoms with E-state index in [2.05, 4.69) is 0 Å². The number of hydrogen-bond acceptors (Lipinski definition) is 3. The van der Waals surface area contributed by atoms with Crippen molar-refractivity contribution in [1.82, 2.24) is 0 Å². The second kappa shape index (κ2) is 5.15. The van der Waals surface area contributed by atoms with Crippen molar-refractivity contribution in [3.63, 3.8) is 0 Å².